The Morgan fingerprint density at radius 2 is 1.50 bits per heavy atom. The highest BCUT2D eigenvalue weighted by Gasteiger charge is 2.26. The Bertz CT molecular complexity index is 918. The van der Waals surface area contributed by atoms with E-state index in [0.717, 1.165) is 28.7 Å². The second-order valence-corrected chi connectivity index (χ2v) is 10.2. The summed E-state index contributed by atoms with van der Waals surface area (Å²) >= 11 is 0. The summed E-state index contributed by atoms with van der Waals surface area (Å²) in [6, 6.07) is 10.1. The van der Waals surface area contributed by atoms with Gasteiger partial charge in [0.25, 0.3) is 0 Å². The van der Waals surface area contributed by atoms with E-state index in [-0.39, 0.29) is 10.8 Å². The lowest BCUT2D eigenvalue weighted by atomic mass is 9.78. The molecule has 3 heteroatoms. The van der Waals surface area contributed by atoms with Crippen LogP contribution in [0.4, 0.5) is 0 Å². The molecule has 1 N–H and O–H groups in total. The molecule has 0 saturated heterocycles. The van der Waals surface area contributed by atoms with Crippen LogP contribution in [0.5, 0.6) is 11.5 Å². The molecule has 0 aromatic heterocycles. The fraction of sp³-hybridized carbons (Fsp3) is 0.444. The molecule has 2 rings (SSSR count). The first-order chi connectivity index (χ1) is 13.7. The number of phenols is 1. The van der Waals surface area contributed by atoms with E-state index in [4.69, 9.17) is 4.74 Å². The molecule has 0 atom stereocenters. The summed E-state index contributed by atoms with van der Waals surface area (Å²) in [6.07, 6.45) is 1.51. The Balaban J connectivity index is 2.61. The molecule has 30 heavy (non-hydrogen) atoms. The van der Waals surface area contributed by atoms with Crippen molar-refractivity contribution in [3.05, 3.63) is 70.3 Å². The van der Waals surface area contributed by atoms with Crippen LogP contribution in [0.25, 0.3) is 0 Å². The zero-order chi connectivity index (χ0) is 22.9. The first kappa shape index (κ1) is 23.7. The van der Waals surface area contributed by atoms with Gasteiger partial charge in [0.2, 0.25) is 0 Å². The molecule has 0 aliphatic carbocycles. The van der Waals surface area contributed by atoms with Crippen LogP contribution < -0.4 is 4.74 Å². The molecule has 2 aromatic carbocycles. The van der Waals surface area contributed by atoms with Gasteiger partial charge in [0.1, 0.15) is 11.5 Å². The summed E-state index contributed by atoms with van der Waals surface area (Å²) in [6.45, 7) is 20.1. The minimum atomic E-state index is -0.419. The molecular weight excluding hydrogens is 372 g/mol. The molecule has 0 spiro atoms. The lowest BCUT2D eigenvalue weighted by Crippen LogP contribution is -2.18. The fourth-order valence-electron chi connectivity index (χ4n) is 3.44. The van der Waals surface area contributed by atoms with Gasteiger partial charge in [-0.3, -0.25) is 0 Å². The Kier molecular flexibility index (Phi) is 6.86. The van der Waals surface area contributed by atoms with Gasteiger partial charge in [0.05, 0.1) is 0 Å². The number of aromatic hydroxyl groups is 1. The number of aryl methyl sites for hydroxylation is 1. The van der Waals surface area contributed by atoms with Gasteiger partial charge in [-0.1, -0.05) is 79.3 Å². The van der Waals surface area contributed by atoms with Crippen molar-refractivity contribution < 1.29 is 14.6 Å². The van der Waals surface area contributed by atoms with E-state index < -0.39 is 5.97 Å². The number of phenolic OH excluding ortho intramolecular Hbond substituents is 1. The molecule has 0 heterocycles. The third-order valence-corrected chi connectivity index (χ3v) is 5.26. The van der Waals surface area contributed by atoms with Crippen LogP contribution in [0.15, 0.2) is 42.5 Å². The van der Waals surface area contributed by atoms with Crippen molar-refractivity contribution in [3.63, 3.8) is 0 Å². The number of rotatable bonds is 5. The van der Waals surface area contributed by atoms with Crippen molar-refractivity contribution in [2.75, 3.05) is 0 Å². The quantitative estimate of drug-likeness (QED) is 0.343. The average Bonchev–Trinajstić information content (AvgIpc) is 2.62. The third-order valence-electron chi connectivity index (χ3n) is 5.26. The number of carbonyl (C=O) groups is 1. The molecule has 0 aliphatic heterocycles. The van der Waals surface area contributed by atoms with E-state index in [1.807, 2.05) is 12.1 Å². The summed E-state index contributed by atoms with van der Waals surface area (Å²) in [5, 5.41) is 11.0. The minimum absolute atomic E-state index is 0.194. The number of ether oxygens (including phenoxy) is 1. The Hall–Kier alpha value is -2.55. The van der Waals surface area contributed by atoms with Crippen molar-refractivity contribution in [2.45, 2.75) is 79.1 Å². The van der Waals surface area contributed by atoms with Gasteiger partial charge in [-0.15, -0.1) is 0 Å². The third kappa shape index (κ3) is 5.53. The molecule has 0 bridgehead atoms. The minimum Gasteiger partial charge on any atom is -0.507 e. The van der Waals surface area contributed by atoms with Gasteiger partial charge in [0.15, 0.2) is 0 Å². The van der Waals surface area contributed by atoms with Crippen molar-refractivity contribution in [1.82, 2.24) is 0 Å². The molecule has 0 radical (unpaired) electrons. The molecule has 3 nitrogen and oxygen atoms in total. The Labute approximate surface area is 181 Å². The van der Waals surface area contributed by atoms with E-state index in [2.05, 4.69) is 73.2 Å². The summed E-state index contributed by atoms with van der Waals surface area (Å²) in [5.74, 6) is 0.509. The van der Waals surface area contributed by atoms with E-state index in [9.17, 15) is 9.90 Å². The number of carbonyl (C=O) groups excluding carboxylic acids is 1. The number of hydrogen-bond donors (Lipinski definition) is 1. The van der Waals surface area contributed by atoms with E-state index in [1.54, 1.807) is 6.92 Å². The fourth-order valence-corrected chi connectivity index (χ4v) is 3.44. The maximum absolute atomic E-state index is 12.1. The summed E-state index contributed by atoms with van der Waals surface area (Å²) in [5.41, 5.74) is 5.06. The highest BCUT2D eigenvalue weighted by atomic mass is 16.5. The molecular formula is C27H36O3. The maximum Gasteiger partial charge on any atom is 0.338 e. The van der Waals surface area contributed by atoms with Crippen molar-refractivity contribution in [1.29, 1.82) is 0 Å². The number of benzene rings is 2. The zero-order valence-electron chi connectivity index (χ0n) is 19.8. The zero-order valence-corrected chi connectivity index (χ0v) is 19.8. The predicted molar refractivity (Wildman–Crippen MR) is 125 cm³/mol. The van der Waals surface area contributed by atoms with Crippen LogP contribution in [0.3, 0.4) is 0 Å². The van der Waals surface area contributed by atoms with Gasteiger partial charge >= 0.3 is 5.97 Å². The summed E-state index contributed by atoms with van der Waals surface area (Å²) in [4.78, 5) is 12.1. The standard InChI is InChI=1S/C27H36O3/c1-10-18-11-12-23(30-25(29)17(2)3)20(13-18)14-19-15-21(26(4,5)6)24(28)22(16-19)27(7,8)9/h11-13,15-16,28H,2,10,14H2,1,3-9H3. The van der Waals surface area contributed by atoms with Gasteiger partial charge < -0.3 is 9.84 Å². The molecule has 162 valence electrons. The summed E-state index contributed by atoms with van der Waals surface area (Å²) < 4.78 is 5.61. The van der Waals surface area contributed by atoms with Crippen LogP contribution in [0.1, 0.15) is 83.2 Å². The van der Waals surface area contributed by atoms with Crippen molar-refractivity contribution in [2.24, 2.45) is 0 Å². The average molecular weight is 409 g/mol. The van der Waals surface area contributed by atoms with E-state index >= 15 is 0 Å². The maximum atomic E-state index is 12.1. The lowest BCUT2D eigenvalue weighted by molar-refractivity contribution is -0.130. The van der Waals surface area contributed by atoms with Crippen LogP contribution >= 0.6 is 0 Å². The van der Waals surface area contributed by atoms with Crippen molar-refractivity contribution in [3.8, 4) is 11.5 Å². The first-order valence-electron chi connectivity index (χ1n) is 10.6. The normalized spacial score (nSPS) is 12.0. The molecule has 0 amide bonds. The Morgan fingerprint density at radius 1 is 0.967 bits per heavy atom. The van der Waals surface area contributed by atoms with Crippen LogP contribution in [0, 0.1) is 0 Å². The second kappa shape index (κ2) is 8.67. The smallest absolute Gasteiger partial charge is 0.338 e. The molecule has 0 fully saturated rings. The summed E-state index contributed by atoms with van der Waals surface area (Å²) in [7, 11) is 0. The largest absolute Gasteiger partial charge is 0.507 e. The first-order valence-corrected chi connectivity index (χ1v) is 10.6. The molecule has 2 aromatic rings. The Morgan fingerprint density at radius 3 is 1.93 bits per heavy atom. The highest BCUT2D eigenvalue weighted by Crippen LogP contribution is 2.40. The van der Waals surface area contributed by atoms with E-state index in [0.29, 0.717) is 23.5 Å². The van der Waals surface area contributed by atoms with E-state index in [1.165, 1.54) is 5.56 Å². The highest BCUT2D eigenvalue weighted by molar-refractivity contribution is 5.89. The van der Waals surface area contributed by atoms with Crippen LogP contribution in [0.2, 0.25) is 0 Å². The van der Waals surface area contributed by atoms with Gasteiger partial charge in [-0.2, -0.15) is 0 Å². The SMILES string of the molecule is C=C(C)C(=O)Oc1ccc(CC)cc1Cc1cc(C(C)(C)C)c(O)c(C(C)(C)C)c1. The van der Waals surface area contributed by atoms with Gasteiger partial charge in [-0.05, 0) is 58.1 Å². The van der Waals surface area contributed by atoms with Gasteiger partial charge in [-0.25, -0.2) is 4.79 Å². The number of esters is 1. The second-order valence-electron chi connectivity index (χ2n) is 10.2. The van der Waals surface area contributed by atoms with Crippen LogP contribution in [-0.2, 0) is 28.5 Å². The lowest BCUT2D eigenvalue weighted by Gasteiger charge is -2.28. The van der Waals surface area contributed by atoms with Crippen LogP contribution in [-0.4, -0.2) is 11.1 Å². The monoisotopic (exact) mass is 408 g/mol. The van der Waals surface area contributed by atoms with Gasteiger partial charge in [0, 0.05) is 12.0 Å². The molecule has 0 saturated carbocycles. The topological polar surface area (TPSA) is 46.5 Å². The van der Waals surface area contributed by atoms with Crippen molar-refractivity contribution >= 4 is 5.97 Å². The predicted octanol–water partition coefficient (Wildman–Crippen LogP) is 6.62. The molecule has 0 unspecified atom stereocenters. The molecule has 0 aliphatic rings. The number of hydrogen-bond acceptors (Lipinski definition) is 3.